The molecule has 1 amide bonds. The van der Waals surface area contributed by atoms with Gasteiger partial charge in [0.15, 0.2) is 6.61 Å². The molecule has 0 aliphatic carbocycles. The largest absolute Gasteiger partial charge is 0.497 e. The second-order valence-corrected chi connectivity index (χ2v) is 6.00. The van der Waals surface area contributed by atoms with E-state index in [1.165, 1.54) is 11.8 Å². The fourth-order valence-electron chi connectivity index (χ4n) is 2.54. The van der Waals surface area contributed by atoms with Crippen LogP contribution in [-0.2, 0) is 16.1 Å². The Bertz CT molecular complexity index is 772. The van der Waals surface area contributed by atoms with Gasteiger partial charge >= 0.3 is 0 Å². The van der Waals surface area contributed by atoms with E-state index in [1.54, 1.807) is 32.4 Å². The highest BCUT2D eigenvalue weighted by atomic mass is 16.6. The summed E-state index contributed by atoms with van der Waals surface area (Å²) in [4.78, 5) is 17.1. The van der Waals surface area contributed by atoms with E-state index in [2.05, 4.69) is 29.5 Å². The van der Waals surface area contributed by atoms with Crippen LogP contribution in [0, 0.1) is 0 Å². The van der Waals surface area contributed by atoms with Crippen LogP contribution in [0.4, 0.5) is 0 Å². The van der Waals surface area contributed by atoms with Crippen molar-refractivity contribution in [1.82, 2.24) is 5.32 Å². The second-order valence-electron chi connectivity index (χ2n) is 6.00. The van der Waals surface area contributed by atoms with Gasteiger partial charge in [-0.15, -0.1) is 0 Å². The van der Waals surface area contributed by atoms with Gasteiger partial charge in [0.25, 0.3) is 5.91 Å². The molecule has 1 N–H and O–H groups in total. The molecule has 2 rings (SSSR count). The van der Waals surface area contributed by atoms with E-state index in [9.17, 15) is 4.79 Å². The van der Waals surface area contributed by atoms with Crippen molar-refractivity contribution in [2.45, 2.75) is 26.3 Å². The predicted octanol–water partition coefficient (Wildman–Crippen LogP) is 3.49. The molecular formula is C21H26N2O4. The van der Waals surface area contributed by atoms with E-state index in [1.807, 2.05) is 19.1 Å². The van der Waals surface area contributed by atoms with E-state index in [0.717, 1.165) is 12.0 Å². The SMILES string of the molecule is CCc1ccc([C@@H](C)NC(=O)CO/N=C\c2cc(OC)ccc2OC)cc1. The summed E-state index contributed by atoms with van der Waals surface area (Å²) in [6.45, 7) is 3.88. The zero-order valence-electron chi connectivity index (χ0n) is 16.2. The normalized spacial score (nSPS) is 11.9. The maximum Gasteiger partial charge on any atom is 0.261 e. The number of amides is 1. The van der Waals surface area contributed by atoms with Gasteiger partial charge in [0.1, 0.15) is 11.5 Å². The summed E-state index contributed by atoms with van der Waals surface area (Å²) >= 11 is 0. The van der Waals surface area contributed by atoms with Gasteiger partial charge in [-0.1, -0.05) is 36.3 Å². The molecule has 0 spiro atoms. The van der Waals surface area contributed by atoms with Crippen LogP contribution in [0.25, 0.3) is 0 Å². The van der Waals surface area contributed by atoms with Crippen molar-refractivity contribution in [2.75, 3.05) is 20.8 Å². The minimum Gasteiger partial charge on any atom is -0.497 e. The van der Waals surface area contributed by atoms with Crippen LogP contribution in [0.15, 0.2) is 47.6 Å². The number of carbonyl (C=O) groups excluding carboxylic acids is 1. The molecule has 0 radical (unpaired) electrons. The molecule has 0 bridgehead atoms. The predicted molar refractivity (Wildman–Crippen MR) is 105 cm³/mol. The lowest BCUT2D eigenvalue weighted by Crippen LogP contribution is -2.29. The Morgan fingerprint density at radius 2 is 1.89 bits per heavy atom. The first-order valence-electron chi connectivity index (χ1n) is 8.83. The van der Waals surface area contributed by atoms with Gasteiger partial charge in [-0.3, -0.25) is 4.79 Å². The summed E-state index contributed by atoms with van der Waals surface area (Å²) < 4.78 is 10.4. The zero-order valence-corrected chi connectivity index (χ0v) is 16.2. The molecule has 6 heteroatoms. The van der Waals surface area contributed by atoms with E-state index in [4.69, 9.17) is 14.3 Å². The second kappa shape index (κ2) is 10.2. The van der Waals surface area contributed by atoms with Gasteiger partial charge in [-0.25, -0.2) is 0 Å². The third-order valence-electron chi connectivity index (χ3n) is 4.16. The molecule has 0 aromatic heterocycles. The van der Waals surface area contributed by atoms with Crippen molar-refractivity contribution in [2.24, 2.45) is 5.16 Å². The Hall–Kier alpha value is -3.02. The lowest BCUT2D eigenvalue weighted by molar-refractivity contribution is -0.126. The van der Waals surface area contributed by atoms with Crippen molar-refractivity contribution in [1.29, 1.82) is 0 Å². The van der Waals surface area contributed by atoms with Gasteiger partial charge < -0.3 is 19.6 Å². The molecule has 2 aromatic carbocycles. The van der Waals surface area contributed by atoms with Crippen molar-refractivity contribution in [3.05, 3.63) is 59.2 Å². The Kier molecular flexibility index (Phi) is 7.67. The van der Waals surface area contributed by atoms with E-state index in [-0.39, 0.29) is 18.6 Å². The lowest BCUT2D eigenvalue weighted by Gasteiger charge is -2.14. The first kappa shape index (κ1) is 20.3. The number of aryl methyl sites for hydroxylation is 1. The number of ether oxygens (including phenoxy) is 2. The topological polar surface area (TPSA) is 69.2 Å². The average Bonchev–Trinajstić information content (AvgIpc) is 2.71. The number of nitrogens with zero attached hydrogens (tertiary/aromatic N) is 1. The van der Waals surface area contributed by atoms with Crippen molar-refractivity contribution < 1.29 is 19.1 Å². The minimum absolute atomic E-state index is 0.102. The molecule has 0 unspecified atom stereocenters. The number of methoxy groups -OCH3 is 2. The first-order chi connectivity index (χ1) is 13.1. The fraction of sp³-hybridized carbons (Fsp3) is 0.333. The molecule has 2 aromatic rings. The highest BCUT2D eigenvalue weighted by molar-refractivity contribution is 5.84. The molecule has 0 aliphatic heterocycles. The highest BCUT2D eigenvalue weighted by Gasteiger charge is 2.10. The van der Waals surface area contributed by atoms with Gasteiger partial charge in [-0.05, 0) is 42.7 Å². The molecule has 144 valence electrons. The van der Waals surface area contributed by atoms with Crippen molar-refractivity contribution in [3.8, 4) is 11.5 Å². The van der Waals surface area contributed by atoms with Gasteiger partial charge in [0.2, 0.25) is 0 Å². The number of carbonyl (C=O) groups is 1. The molecule has 6 nitrogen and oxygen atoms in total. The van der Waals surface area contributed by atoms with Crippen LogP contribution in [0.1, 0.15) is 36.6 Å². The smallest absolute Gasteiger partial charge is 0.261 e. The number of rotatable bonds is 9. The van der Waals surface area contributed by atoms with Crippen LogP contribution < -0.4 is 14.8 Å². The molecule has 0 fully saturated rings. The summed E-state index contributed by atoms with van der Waals surface area (Å²) in [5.41, 5.74) is 3.01. The van der Waals surface area contributed by atoms with Crippen LogP contribution in [0.2, 0.25) is 0 Å². The van der Waals surface area contributed by atoms with E-state index >= 15 is 0 Å². The highest BCUT2D eigenvalue weighted by Crippen LogP contribution is 2.22. The summed E-state index contributed by atoms with van der Waals surface area (Å²) in [6, 6.07) is 13.4. The summed E-state index contributed by atoms with van der Waals surface area (Å²) in [7, 11) is 3.16. The fourth-order valence-corrected chi connectivity index (χ4v) is 2.54. The van der Waals surface area contributed by atoms with Crippen LogP contribution >= 0.6 is 0 Å². The van der Waals surface area contributed by atoms with Gasteiger partial charge in [0.05, 0.1) is 26.5 Å². The quantitative estimate of drug-likeness (QED) is 0.542. The average molecular weight is 370 g/mol. The van der Waals surface area contributed by atoms with Crippen molar-refractivity contribution >= 4 is 12.1 Å². The molecular weight excluding hydrogens is 344 g/mol. The molecule has 0 saturated heterocycles. The van der Waals surface area contributed by atoms with E-state index < -0.39 is 0 Å². The van der Waals surface area contributed by atoms with E-state index in [0.29, 0.717) is 17.1 Å². The third kappa shape index (κ3) is 6.02. The van der Waals surface area contributed by atoms with Gasteiger partial charge in [-0.2, -0.15) is 0 Å². The lowest BCUT2D eigenvalue weighted by atomic mass is 10.1. The third-order valence-corrected chi connectivity index (χ3v) is 4.16. The van der Waals surface area contributed by atoms with Crippen LogP contribution in [-0.4, -0.2) is 32.9 Å². The number of hydrogen-bond donors (Lipinski definition) is 1. The maximum absolute atomic E-state index is 12.0. The van der Waals surface area contributed by atoms with Gasteiger partial charge in [0, 0.05) is 5.56 Å². The number of benzene rings is 2. The monoisotopic (exact) mass is 370 g/mol. The Labute approximate surface area is 160 Å². The number of oxime groups is 1. The first-order valence-corrected chi connectivity index (χ1v) is 8.83. The summed E-state index contributed by atoms with van der Waals surface area (Å²) in [5, 5.41) is 6.74. The molecule has 0 aliphatic rings. The summed E-state index contributed by atoms with van der Waals surface area (Å²) in [6.07, 6.45) is 2.48. The summed E-state index contributed by atoms with van der Waals surface area (Å²) in [5.74, 6) is 1.08. The zero-order chi connectivity index (χ0) is 19.6. The maximum atomic E-state index is 12.0. The number of nitrogens with one attached hydrogen (secondary N) is 1. The number of hydrogen-bond acceptors (Lipinski definition) is 5. The molecule has 0 heterocycles. The minimum atomic E-state index is -0.239. The Morgan fingerprint density at radius 1 is 1.15 bits per heavy atom. The Balaban J connectivity index is 1.85. The van der Waals surface area contributed by atoms with Crippen LogP contribution in [0.5, 0.6) is 11.5 Å². The molecule has 27 heavy (non-hydrogen) atoms. The van der Waals surface area contributed by atoms with Crippen LogP contribution in [0.3, 0.4) is 0 Å². The standard InChI is InChI=1S/C21H26N2O4/c1-5-16-6-8-17(9-7-16)15(2)23-21(24)14-27-22-13-18-12-19(25-3)10-11-20(18)26-4/h6-13,15H,5,14H2,1-4H3,(H,23,24)/b22-13-/t15-/m1/s1. The molecule has 0 saturated carbocycles. The molecule has 1 atom stereocenters. The Morgan fingerprint density at radius 3 is 2.52 bits per heavy atom. The van der Waals surface area contributed by atoms with Crippen molar-refractivity contribution in [3.63, 3.8) is 0 Å².